The summed E-state index contributed by atoms with van der Waals surface area (Å²) < 4.78 is 24.3. The van der Waals surface area contributed by atoms with E-state index < -0.39 is 10.0 Å². The topological polar surface area (TPSA) is 63.4 Å². The normalized spacial score (nSPS) is 11.9. The first kappa shape index (κ1) is 12.0. The van der Waals surface area contributed by atoms with E-state index in [0.717, 1.165) is 5.56 Å². The Morgan fingerprint density at radius 2 is 2.07 bits per heavy atom. The maximum absolute atomic E-state index is 11.5. The minimum absolute atomic E-state index is 0.117. The lowest BCUT2D eigenvalue weighted by Gasteiger charge is -2.15. The van der Waals surface area contributed by atoms with Crippen LogP contribution in [0.3, 0.4) is 0 Å². The molecule has 0 aliphatic heterocycles. The molecule has 2 N–H and O–H groups in total. The molecule has 0 aliphatic rings. The molecule has 5 heteroatoms. The molecule has 0 unspecified atom stereocenters. The van der Waals surface area contributed by atoms with Crippen LogP contribution in [-0.2, 0) is 16.6 Å². The van der Waals surface area contributed by atoms with Crippen molar-refractivity contribution in [3.8, 4) is 0 Å². The van der Waals surface area contributed by atoms with Crippen molar-refractivity contribution in [1.29, 1.82) is 0 Å². The van der Waals surface area contributed by atoms with Crippen LogP contribution in [-0.4, -0.2) is 25.5 Å². The third-order valence-electron chi connectivity index (χ3n) is 2.20. The molecule has 0 fully saturated rings. The van der Waals surface area contributed by atoms with E-state index in [-0.39, 0.29) is 5.75 Å². The van der Waals surface area contributed by atoms with Gasteiger partial charge in [-0.15, -0.1) is 0 Å². The average molecular weight is 228 g/mol. The first-order valence-corrected chi connectivity index (χ1v) is 6.35. The van der Waals surface area contributed by atoms with E-state index in [1.165, 1.54) is 4.31 Å². The van der Waals surface area contributed by atoms with Crippen molar-refractivity contribution in [3.63, 3.8) is 0 Å². The van der Waals surface area contributed by atoms with Gasteiger partial charge in [0.1, 0.15) is 0 Å². The fourth-order valence-corrected chi connectivity index (χ4v) is 2.05. The Balaban J connectivity index is 2.79. The van der Waals surface area contributed by atoms with Gasteiger partial charge in [-0.3, -0.25) is 0 Å². The molecule has 15 heavy (non-hydrogen) atoms. The number of nitrogens with zero attached hydrogens (tertiary/aromatic N) is 1. The van der Waals surface area contributed by atoms with Crippen LogP contribution in [0.25, 0.3) is 0 Å². The molecular weight excluding hydrogens is 212 g/mol. The van der Waals surface area contributed by atoms with Crippen LogP contribution in [0.15, 0.2) is 24.3 Å². The van der Waals surface area contributed by atoms with Gasteiger partial charge in [-0.1, -0.05) is 12.1 Å². The van der Waals surface area contributed by atoms with Crippen molar-refractivity contribution in [3.05, 3.63) is 29.8 Å². The highest BCUT2D eigenvalue weighted by Gasteiger charge is 2.14. The highest BCUT2D eigenvalue weighted by atomic mass is 32.2. The zero-order valence-electron chi connectivity index (χ0n) is 8.97. The summed E-state index contributed by atoms with van der Waals surface area (Å²) in [6.45, 7) is 1.99. The van der Waals surface area contributed by atoms with Gasteiger partial charge in [-0.25, -0.2) is 12.7 Å². The van der Waals surface area contributed by atoms with Crippen LogP contribution >= 0.6 is 0 Å². The Bertz CT molecular complexity index is 429. The van der Waals surface area contributed by atoms with E-state index in [1.807, 2.05) is 12.1 Å². The van der Waals surface area contributed by atoms with Crippen LogP contribution in [0.1, 0.15) is 12.5 Å². The highest BCUT2D eigenvalue weighted by molar-refractivity contribution is 7.89. The quantitative estimate of drug-likeness (QED) is 0.783. The Morgan fingerprint density at radius 3 is 2.60 bits per heavy atom. The third-order valence-corrected chi connectivity index (χ3v) is 4.00. The monoisotopic (exact) mass is 228 g/mol. The standard InChI is InChI=1S/C10H16N2O2S/c1-3-15(13,14)12(2)8-9-5-4-6-10(11)7-9/h4-7H,3,8,11H2,1-2H3. The smallest absolute Gasteiger partial charge is 0.213 e. The highest BCUT2D eigenvalue weighted by Crippen LogP contribution is 2.10. The number of sulfonamides is 1. The number of rotatable bonds is 4. The Labute approximate surface area is 90.8 Å². The first-order valence-electron chi connectivity index (χ1n) is 4.74. The molecule has 0 radical (unpaired) electrons. The second-order valence-electron chi connectivity index (χ2n) is 3.40. The maximum Gasteiger partial charge on any atom is 0.213 e. The summed E-state index contributed by atoms with van der Waals surface area (Å²) in [6.07, 6.45) is 0. The van der Waals surface area contributed by atoms with Crippen LogP contribution in [0.4, 0.5) is 5.69 Å². The van der Waals surface area contributed by atoms with Crippen LogP contribution < -0.4 is 5.73 Å². The van der Waals surface area contributed by atoms with E-state index in [2.05, 4.69) is 0 Å². The summed E-state index contributed by atoms with van der Waals surface area (Å²) in [4.78, 5) is 0. The van der Waals surface area contributed by atoms with E-state index in [4.69, 9.17) is 5.73 Å². The summed E-state index contributed by atoms with van der Waals surface area (Å²) >= 11 is 0. The minimum atomic E-state index is -3.12. The molecule has 0 aliphatic carbocycles. The number of anilines is 1. The molecule has 1 aromatic rings. The first-order chi connectivity index (χ1) is 6.95. The van der Waals surface area contributed by atoms with Gasteiger partial charge in [0.2, 0.25) is 10.0 Å². The molecule has 4 nitrogen and oxygen atoms in total. The fraction of sp³-hybridized carbons (Fsp3) is 0.400. The van der Waals surface area contributed by atoms with Crippen molar-refractivity contribution in [2.45, 2.75) is 13.5 Å². The molecule has 0 amide bonds. The molecule has 0 heterocycles. The molecular formula is C10H16N2O2S. The Kier molecular flexibility index (Phi) is 3.71. The lowest BCUT2D eigenvalue weighted by Crippen LogP contribution is -2.27. The Morgan fingerprint density at radius 1 is 1.40 bits per heavy atom. The third kappa shape index (κ3) is 3.21. The summed E-state index contributed by atoms with van der Waals surface area (Å²) in [6, 6.07) is 7.23. The molecule has 0 saturated heterocycles. The van der Waals surface area contributed by atoms with E-state index in [1.54, 1.807) is 26.1 Å². The van der Waals surface area contributed by atoms with Gasteiger partial charge in [-0.05, 0) is 24.6 Å². The largest absolute Gasteiger partial charge is 0.399 e. The number of nitrogens with two attached hydrogens (primary N) is 1. The number of hydrogen-bond donors (Lipinski definition) is 1. The molecule has 0 aromatic heterocycles. The second-order valence-corrected chi connectivity index (χ2v) is 5.77. The average Bonchev–Trinajstić information content (AvgIpc) is 2.17. The molecule has 84 valence electrons. The molecule has 0 saturated carbocycles. The lowest BCUT2D eigenvalue weighted by atomic mass is 10.2. The van der Waals surface area contributed by atoms with E-state index in [0.29, 0.717) is 12.2 Å². The summed E-state index contributed by atoms with van der Waals surface area (Å²) in [7, 11) is -1.55. The van der Waals surface area contributed by atoms with Gasteiger partial charge in [0.05, 0.1) is 5.75 Å². The number of benzene rings is 1. The lowest BCUT2D eigenvalue weighted by molar-refractivity contribution is 0.468. The van der Waals surface area contributed by atoms with Crippen molar-refractivity contribution in [1.82, 2.24) is 4.31 Å². The van der Waals surface area contributed by atoms with E-state index in [9.17, 15) is 8.42 Å². The molecule has 1 aromatic carbocycles. The van der Waals surface area contributed by atoms with E-state index >= 15 is 0 Å². The molecule has 1 rings (SSSR count). The SMILES string of the molecule is CCS(=O)(=O)N(C)Cc1cccc(N)c1. The second kappa shape index (κ2) is 4.63. The Hall–Kier alpha value is -1.07. The summed E-state index contributed by atoms with van der Waals surface area (Å²) in [5.41, 5.74) is 7.15. The van der Waals surface area contributed by atoms with Gasteiger partial charge >= 0.3 is 0 Å². The predicted octanol–water partition coefficient (Wildman–Crippen LogP) is 1.05. The van der Waals surface area contributed by atoms with Crippen molar-refractivity contribution in [2.24, 2.45) is 0 Å². The minimum Gasteiger partial charge on any atom is -0.399 e. The zero-order chi connectivity index (χ0) is 11.5. The molecule has 0 spiro atoms. The van der Waals surface area contributed by atoms with Gasteiger partial charge in [0.25, 0.3) is 0 Å². The van der Waals surface area contributed by atoms with Crippen LogP contribution in [0, 0.1) is 0 Å². The van der Waals surface area contributed by atoms with Gasteiger partial charge < -0.3 is 5.73 Å². The number of hydrogen-bond acceptors (Lipinski definition) is 3. The summed E-state index contributed by atoms with van der Waals surface area (Å²) in [5, 5.41) is 0. The maximum atomic E-state index is 11.5. The number of nitrogen functional groups attached to an aromatic ring is 1. The predicted molar refractivity (Wildman–Crippen MR) is 61.8 cm³/mol. The van der Waals surface area contributed by atoms with Gasteiger partial charge in [-0.2, -0.15) is 0 Å². The van der Waals surface area contributed by atoms with Crippen molar-refractivity contribution < 1.29 is 8.42 Å². The van der Waals surface area contributed by atoms with Crippen LogP contribution in [0.5, 0.6) is 0 Å². The zero-order valence-corrected chi connectivity index (χ0v) is 9.79. The molecule has 0 atom stereocenters. The van der Waals surface area contributed by atoms with Crippen LogP contribution in [0.2, 0.25) is 0 Å². The summed E-state index contributed by atoms with van der Waals surface area (Å²) in [5.74, 6) is 0.117. The van der Waals surface area contributed by atoms with Gasteiger partial charge in [0, 0.05) is 19.3 Å². The fourth-order valence-electron chi connectivity index (χ4n) is 1.27. The van der Waals surface area contributed by atoms with Gasteiger partial charge in [0.15, 0.2) is 0 Å². The molecule has 0 bridgehead atoms. The van der Waals surface area contributed by atoms with Crippen molar-refractivity contribution >= 4 is 15.7 Å². The van der Waals surface area contributed by atoms with Crippen molar-refractivity contribution in [2.75, 3.05) is 18.5 Å².